The first-order valence-corrected chi connectivity index (χ1v) is 6.75. The Labute approximate surface area is 115 Å². The van der Waals surface area contributed by atoms with Gasteiger partial charge in [0, 0.05) is 19.6 Å². The minimum Gasteiger partial charge on any atom is -0.382 e. The third kappa shape index (κ3) is 3.62. The van der Waals surface area contributed by atoms with Gasteiger partial charge in [-0.2, -0.15) is 13.2 Å². The Balaban J connectivity index is 1.94. The summed E-state index contributed by atoms with van der Waals surface area (Å²) < 4.78 is 42.3. The fourth-order valence-electron chi connectivity index (χ4n) is 2.64. The summed E-state index contributed by atoms with van der Waals surface area (Å²) in [6.07, 6.45) is -5.83. The molecule has 0 aliphatic carbocycles. The molecular weight excluding hydrogens is 277 g/mol. The molecule has 2 rings (SSSR count). The van der Waals surface area contributed by atoms with Crippen molar-refractivity contribution in [1.82, 2.24) is 9.80 Å². The number of nitrogens with zero attached hydrogens (tertiary/aromatic N) is 2. The van der Waals surface area contributed by atoms with Crippen molar-refractivity contribution in [3.63, 3.8) is 0 Å². The Kier molecular flexibility index (Phi) is 4.87. The van der Waals surface area contributed by atoms with Crippen LogP contribution in [0.25, 0.3) is 0 Å². The zero-order chi connectivity index (χ0) is 14.8. The molecule has 5 nitrogen and oxygen atoms in total. The number of halogens is 3. The van der Waals surface area contributed by atoms with Crippen LogP contribution in [0.15, 0.2) is 0 Å². The Bertz CT molecular complexity index is 345. The number of ether oxygens (including phenoxy) is 1. The minimum atomic E-state index is -4.64. The van der Waals surface area contributed by atoms with Crippen molar-refractivity contribution >= 4 is 5.91 Å². The summed E-state index contributed by atoms with van der Waals surface area (Å²) in [4.78, 5) is 15.4. The van der Waals surface area contributed by atoms with Crippen molar-refractivity contribution in [2.75, 3.05) is 39.4 Å². The van der Waals surface area contributed by atoms with Gasteiger partial charge in [0.15, 0.2) is 6.10 Å². The SMILES string of the molecule is O=C([C@H]1CCCN1C[C@H](O)C(F)(F)F)N1CCOCC1. The molecule has 1 N–H and O–H groups in total. The number of amides is 1. The van der Waals surface area contributed by atoms with Crippen LogP contribution in [0.2, 0.25) is 0 Å². The van der Waals surface area contributed by atoms with Gasteiger partial charge >= 0.3 is 6.18 Å². The van der Waals surface area contributed by atoms with Gasteiger partial charge in [-0.1, -0.05) is 0 Å². The van der Waals surface area contributed by atoms with Gasteiger partial charge in [-0.05, 0) is 19.4 Å². The molecule has 0 saturated carbocycles. The lowest BCUT2D eigenvalue weighted by Crippen LogP contribution is -2.52. The standard InChI is InChI=1S/C12H19F3N2O3/c13-12(14,15)10(18)8-17-3-1-2-9(17)11(19)16-4-6-20-7-5-16/h9-10,18H,1-8H2/t9-,10+/m1/s1. The highest BCUT2D eigenvalue weighted by molar-refractivity contribution is 5.82. The van der Waals surface area contributed by atoms with Crippen LogP contribution in [0, 0.1) is 0 Å². The number of carbonyl (C=O) groups is 1. The summed E-state index contributed by atoms with van der Waals surface area (Å²) in [5.41, 5.74) is 0. The fourth-order valence-corrected chi connectivity index (χ4v) is 2.64. The topological polar surface area (TPSA) is 53.0 Å². The molecule has 0 unspecified atom stereocenters. The quantitative estimate of drug-likeness (QED) is 0.810. The molecule has 116 valence electrons. The van der Waals surface area contributed by atoms with Gasteiger partial charge in [0.1, 0.15) is 0 Å². The van der Waals surface area contributed by atoms with Gasteiger partial charge < -0.3 is 14.7 Å². The minimum absolute atomic E-state index is 0.153. The predicted octanol–water partition coefficient (Wildman–Crippen LogP) is 0.233. The molecular formula is C12H19F3N2O3. The van der Waals surface area contributed by atoms with Crippen LogP contribution in [-0.2, 0) is 9.53 Å². The van der Waals surface area contributed by atoms with Crippen molar-refractivity contribution in [2.45, 2.75) is 31.2 Å². The van der Waals surface area contributed by atoms with E-state index in [4.69, 9.17) is 9.84 Å². The van der Waals surface area contributed by atoms with Crippen LogP contribution >= 0.6 is 0 Å². The first-order valence-electron chi connectivity index (χ1n) is 6.75. The van der Waals surface area contributed by atoms with E-state index in [1.165, 1.54) is 4.90 Å². The summed E-state index contributed by atoms with van der Waals surface area (Å²) in [5, 5.41) is 9.14. The van der Waals surface area contributed by atoms with E-state index in [1.54, 1.807) is 4.90 Å². The number of morpholine rings is 1. The molecule has 0 aromatic heterocycles. The molecule has 20 heavy (non-hydrogen) atoms. The highest BCUT2D eigenvalue weighted by Gasteiger charge is 2.42. The molecule has 2 heterocycles. The summed E-state index contributed by atoms with van der Waals surface area (Å²) >= 11 is 0. The fraction of sp³-hybridized carbons (Fsp3) is 0.917. The second-order valence-electron chi connectivity index (χ2n) is 5.15. The molecule has 0 bridgehead atoms. The maximum Gasteiger partial charge on any atom is 0.415 e. The Morgan fingerprint density at radius 2 is 1.95 bits per heavy atom. The summed E-state index contributed by atoms with van der Waals surface area (Å²) in [5.74, 6) is -0.153. The molecule has 8 heteroatoms. The van der Waals surface area contributed by atoms with Crippen molar-refractivity contribution in [3.8, 4) is 0 Å². The molecule has 1 amide bonds. The smallest absolute Gasteiger partial charge is 0.382 e. The van der Waals surface area contributed by atoms with Gasteiger partial charge in [0.2, 0.25) is 5.91 Å². The zero-order valence-corrected chi connectivity index (χ0v) is 11.1. The van der Waals surface area contributed by atoms with Crippen LogP contribution in [0.1, 0.15) is 12.8 Å². The Morgan fingerprint density at radius 1 is 1.30 bits per heavy atom. The van der Waals surface area contributed by atoms with E-state index < -0.39 is 24.9 Å². The number of carbonyl (C=O) groups excluding carboxylic acids is 1. The lowest BCUT2D eigenvalue weighted by atomic mass is 10.1. The monoisotopic (exact) mass is 296 g/mol. The number of hydrogen-bond donors (Lipinski definition) is 1. The molecule has 0 spiro atoms. The first kappa shape index (κ1) is 15.5. The van der Waals surface area contributed by atoms with Gasteiger partial charge in [-0.3, -0.25) is 9.69 Å². The van der Waals surface area contributed by atoms with Crippen molar-refractivity contribution in [2.24, 2.45) is 0 Å². The highest BCUT2D eigenvalue weighted by Crippen LogP contribution is 2.25. The predicted molar refractivity (Wildman–Crippen MR) is 64.1 cm³/mol. The second-order valence-corrected chi connectivity index (χ2v) is 5.15. The van der Waals surface area contributed by atoms with E-state index in [1.807, 2.05) is 0 Å². The average Bonchev–Trinajstić information content (AvgIpc) is 2.86. The maximum absolute atomic E-state index is 12.4. The van der Waals surface area contributed by atoms with E-state index in [0.29, 0.717) is 45.7 Å². The third-order valence-electron chi connectivity index (χ3n) is 3.76. The van der Waals surface area contributed by atoms with Gasteiger partial charge in [0.25, 0.3) is 0 Å². The molecule has 2 aliphatic rings. The second kappa shape index (κ2) is 6.28. The first-order chi connectivity index (χ1) is 9.39. The summed E-state index contributed by atoms with van der Waals surface area (Å²) in [6.45, 7) is 1.75. The van der Waals surface area contributed by atoms with Gasteiger partial charge in [0.05, 0.1) is 19.3 Å². The molecule has 2 aliphatic heterocycles. The van der Waals surface area contributed by atoms with Crippen molar-refractivity contribution < 1.29 is 27.8 Å². The lowest BCUT2D eigenvalue weighted by Gasteiger charge is -2.33. The number of aliphatic hydroxyl groups excluding tert-OH is 1. The number of likely N-dealkylation sites (tertiary alicyclic amines) is 1. The number of hydrogen-bond acceptors (Lipinski definition) is 4. The highest BCUT2D eigenvalue weighted by atomic mass is 19.4. The van der Waals surface area contributed by atoms with Crippen molar-refractivity contribution in [1.29, 1.82) is 0 Å². The maximum atomic E-state index is 12.4. The van der Waals surface area contributed by atoms with Gasteiger partial charge in [-0.25, -0.2) is 0 Å². The van der Waals surface area contributed by atoms with E-state index in [0.717, 1.165) is 0 Å². The number of aliphatic hydroxyl groups is 1. The van der Waals surface area contributed by atoms with Crippen LogP contribution in [0.3, 0.4) is 0 Å². The Morgan fingerprint density at radius 3 is 2.55 bits per heavy atom. The number of rotatable bonds is 3. The van der Waals surface area contributed by atoms with Crippen LogP contribution in [-0.4, -0.2) is 78.5 Å². The molecule has 0 aromatic carbocycles. The van der Waals surface area contributed by atoms with E-state index >= 15 is 0 Å². The van der Waals surface area contributed by atoms with Crippen LogP contribution in [0.5, 0.6) is 0 Å². The third-order valence-corrected chi connectivity index (χ3v) is 3.76. The van der Waals surface area contributed by atoms with E-state index in [9.17, 15) is 18.0 Å². The number of β-amino-alcohol motifs (C(OH)–C–C–N with tert-alkyl or cyclic N) is 1. The molecule has 0 aromatic rings. The molecule has 2 fully saturated rings. The summed E-state index contributed by atoms with van der Waals surface area (Å²) in [6, 6.07) is -0.551. The molecule has 0 radical (unpaired) electrons. The lowest BCUT2D eigenvalue weighted by molar-refractivity contribution is -0.209. The summed E-state index contributed by atoms with van der Waals surface area (Å²) in [7, 11) is 0. The van der Waals surface area contributed by atoms with Crippen LogP contribution in [0.4, 0.5) is 13.2 Å². The molecule has 2 atom stereocenters. The van der Waals surface area contributed by atoms with Gasteiger partial charge in [-0.15, -0.1) is 0 Å². The van der Waals surface area contributed by atoms with E-state index in [2.05, 4.69) is 0 Å². The Hall–Kier alpha value is -0.860. The molecule has 2 saturated heterocycles. The zero-order valence-electron chi connectivity index (χ0n) is 11.1. The van der Waals surface area contributed by atoms with E-state index in [-0.39, 0.29) is 5.91 Å². The normalized spacial score (nSPS) is 26.8. The van der Waals surface area contributed by atoms with Crippen LogP contribution < -0.4 is 0 Å². The van der Waals surface area contributed by atoms with Crippen molar-refractivity contribution in [3.05, 3.63) is 0 Å². The largest absolute Gasteiger partial charge is 0.415 e. The average molecular weight is 296 g/mol. The number of alkyl halides is 3.